The highest BCUT2D eigenvalue weighted by Crippen LogP contribution is 2.44. The van der Waals surface area contributed by atoms with E-state index in [2.05, 4.69) is 38.2 Å². The Morgan fingerprint density at radius 1 is 0.714 bits per heavy atom. The van der Waals surface area contributed by atoms with E-state index in [-0.39, 0.29) is 0 Å². The summed E-state index contributed by atoms with van der Waals surface area (Å²) in [6, 6.07) is 0. The first kappa shape index (κ1) is 20.5. The summed E-state index contributed by atoms with van der Waals surface area (Å²) in [4.78, 5) is 0. The lowest BCUT2D eigenvalue weighted by Crippen LogP contribution is -2.28. The van der Waals surface area contributed by atoms with E-state index in [9.17, 15) is 0 Å². The van der Waals surface area contributed by atoms with Gasteiger partial charge in [-0.2, -0.15) is 0 Å². The summed E-state index contributed by atoms with van der Waals surface area (Å²) in [6.07, 6.45) is 30.4. The minimum absolute atomic E-state index is 0.852. The van der Waals surface area contributed by atoms with Gasteiger partial charge in [0, 0.05) is 0 Å². The molecule has 4 aliphatic carbocycles. The van der Waals surface area contributed by atoms with Crippen LogP contribution < -0.4 is 0 Å². The van der Waals surface area contributed by atoms with E-state index >= 15 is 0 Å². The Kier molecular flexibility index (Phi) is 7.18. The van der Waals surface area contributed by atoms with Gasteiger partial charge < -0.3 is 0 Å². The van der Waals surface area contributed by atoms with Gasteiger partial charge in [-0.3, -0.25) is 0 Å². The molecule has 0 heterocycles. The summed E-state index contributed by atoms with van der Waals surface area (Å²) < 4.78 is 0. The molecule has 28 heavy (non-hydrogen) atoms. The van der Waals surface area contributed by atoms with Crippen LogP contribution in [0.5, 0.6) is 0 Å². The van der Waals surface area contributed by atoms with Crippen molar-refractivity contribution >= 4 is 0 Å². The molecule has 156 valence electrons. The molecule has 0 radical (unpaired) electrons. The van der Waals surface area contributed by atoms with Gasteiger partial charge in [-0.05, 0) is 119 Å². The SMILES string of the molecule is CC1=CC=C(CCC2C=CC(C3CCC(C4CCC(C)CC4)CC3)CC2)CC1. The second-order valence-electron chi connectivity index (χ2n) is 11.0. The molecular weight excluding hydrogens is 336 g/mol. The van der Waals surface area contributed by atoms with Crippen molar-refractivity contribution in [3.8, 4) is 0 Å². The van der Waals surface area contributed by atoms with Gasteiger partial charge in [0.1, 0.15) is 0 Å². The predicted molar refractivity (Wildman–Crippen MR) is 122 cm³/mol. The second-order valence-corrected chi connectivity index (χ2v) is 11.0. The highest BCUT2D eigenvalue weighted by molar-refractivity contribution is 5.22. The molecule has 4 aliphatic rings. The van der Waals surface area contributed by atoms with E-state index in [1.165, 1.54) is 77.0 Å². The normalized spacial score (nSPS) is 39.4. The van der Waals surface area contributed by atoms with Crippen LogP contribution in [0.4, 0.5) is 0 Å². The first-order chi connectivity index (χ1) is 13.7. The largest absolute Gasteiger partial charge is 0.0851 e. The Balaban J connectivity index is 1.18. The molecule has 0 nitrogen and oxygen atoms in total. The Labute approximate surface area is 175 Å². The average Bonchev–Trinajstić information content (AvgIpc) is 2.74. The highest BCUT2D eigenvalue weighted by atomic mass is 14.4. The minimum Gasteiger partial charge on any atom is -0.0851 e. The van der Waals surface area contributed by atoms with Crippen molar-refractivity contribution in [2.24, 2.45) is 35.5 Å². The van der Waals surface area contributed by atoms with E-state index in [0.29, 0.717) is 0 Å². The van der Waals surface area contributed by atoms with Gasteiger partial charge >= 0.3 is 0 Å². The van der Waals surface area contributed by atoms with Crippen molar-refractivity contribution in [1.29, 1.82) is 0 Å². The average molecular weight is 381 g/mol. The van der Waals surface area contributed by atoms with E-state index in [0.717, 1.165) is 35.5 Å². The molecule has 0 N–H and O–H groups in total. The van der Waals surface area contributed by atoms with Crippen molar-refractivity contribution in [1.82, 2.24) is 0 Å². The zero-order valence-corrected chi connectivity index (χ0v) is 18.7. The van der Waals surface area contributed by atoms with Crippen LogP contribution in [-0.2, 0) is 0 Å². The van der Waals surface area contributed by atoms with Gasteiger partial charge in [-0.15, -0.1) is 0 Å². The summed E-state index contributed by atoms with van der Waals surface area (Å²) in [5.41, 5.74) is 3.24. The predicted octanol–water partition coefficient (Wildman–Crippen LogP) is 8.65. The third kappa shape index (κ3) is 5.43. The molecule has 0 saturated heterocycles. The zero-order chi connectivity index (χ0) is 19.3. The van der Waals surface area contributed by atoms with E-state index < -0.39 is 0 Å². The molecule has 0 aromatic heterocycles. The maximum Gasteiger partial charge on any atom is -0.0205 e. The molecule has 0 amide bonds. The molecule has 0 bridgehead atoms. The molecule has 4 rings (SSSR count). The van der Waals surface area contributed by atoms with Crippen LogP contribution in [0.2, 0.25) is 0 Å². The van der Waals surface area contributed by atoms with Crippen LogP contribution in [-0.4, -0.2) is 0 Å². The summed E-state index contributed by atoms with van der Waals surface area (Å²) in [5, 5.41) is 0. The number of rotatable bonds is 5. The van der Waals surface area contributed by atoms with Crippen LogP contribution in [0.3, 0.4) is 0 Å². The monoisotopic (exact) mass is 380 g/mol. The minimum atomic E-state index is 0.852. The van der Waals surface area contributed by atoms with Gasteiger partial charge in [0.25, 0.3) is 0 Å². The van der Waals surface area contributed by atoms with E-state index in [1.54, 1.807) is 24.0 Å². The van der Waals surface area contributed by atoms with Gasteiger partial charge in [-0.25, -0.2) is 0 Å². The van der Waals surface area contributed by atoms with E-state index in [1.807, 2.05) is 0 Å². The van der Waals surface area contributed by atoms with Crippen LogP contribution in [0.15, 0.2) is 35.5 Å². The fourth-order valence-corrected chi connectivity index (χ4v) is 6.70. The van der Waals surface area contributed by atoms with Gasteiger partial charge in [0.2, 0.25) is 0 Å². The van der Waals surface area contributed by atoms with E-state index in [4.69, 9.17) is 0 Å². The maximum atomic E-state index is 2.65. The lowest BCUT2D eigenvalue weighted by atomic mass is 9.66. The third-order valence-corrected chi connectivity index (χ3v) is 8.93. The molecule has 2 saturated carbocycles. The van der Waals surface area contributed by atoms with Crippen molar-refractivity contribution in [3.05, 3.63) is 35.5 Å². The highest BCUT2D eigenvalue weighted by Gasteiger charge is 2.32. The summed E-state index contributed by atoms with van der Waals surface area (Å²) in [5.74, 6) is 5.92. The van der Waals surface area contributed by atoms with Crippen molar-refractivity contribution in [2.75, 3.05) is 0 Å². The lowest BCUT2D eigenvalue weighted by molar-refractivity contribution is 0.132. The molecule has 2 unspecified atom stereocenters. The standard InChI is InChI=1S/C28H44/c1-21-3-7-23(8-4-21)9-10-24-11-15-26(16-12-24)28-19-17-27(18-20-28)25-13-5-22(2)6-14-25/h3,7,11,15,22,24-28H,4-6,8-10,12-14,16-20H2,1-2H3. The first-order valence-electron chi connectivity index (χ1n) is 12.7. The first-order valence-corrected chi connectivity index (χ1v) is 12.7. The molecule has 0 aromatic carbocycles. The number of hydrogen-bond donors (Lipinski definition) is 0. The fraction of sp³-hybridized carbons (Fsp3) is 0.786. The van der Waals surface area contributed by atoms with Crippen LogP contribution >= 0.6 is 0 Å². The zero-order valence-electron chi connectivity index (χ0n) is 18.7. The molecule has 0 aromatic rings. The molecular formula is C28H44. The Morgan fingerprint density at radius 2 is 1.39 bits per heavy atom. The maximum absolute atomic E-state index is 2.65. The second kappa shape index (κ2) is 9.82. The van der Waals surface area contributed by atoms with Crippen LogP contribution in [0.25, 0.3) is 0 Å². The Morgan fingerprint density at radius 3 is 2.00 bits per heavy atom. The summed E-state index contributed by atoms with van der Waals surface area (Å²) in [7, 11) is 0. The molecule has 0 spiro atoms. The van der Waals surface area contributed by atoms with Crippen molar-refractivity contribution in [3.63, 3.8) is 0 Å². The van der Waals surface area contributed by atoms with Gasteiger partial charge in [0.15, 0.2) is 0 Å². The molecule has 0 heteroatoms. The topological polar surface area (TPSA) is 0 Å². The Bertz CT molecular complexity index is 575. The van der Waals surface area contributed by atoms with Gasteiger partial charge in [0.05, 0.1) is 0 Å². The van der Waals surface area contributed by atoms with Crippen molar-refractivity contribution < 1.29 is 0 Å². The van der Waals surface area contributed by atoms with Gasteiger partial charge in [-0.1, -0.05) is 55.2 Å². The lowest BCUT2D eigenvalue weighted by Gasteiger charge is -2.39. The number of hydrogen-bond acceptors (Lipinski definition) is 0. The van der Waals surface area contributed by atoms with Crippen LogP contribution in [0, 0.1) is 35.5 Å². The molecule has 2 atom stereocenters. The third-order valence-electron chi connectivity index (χ3n) is 8.93. The van der Waals surface area contributed by atoms with Crippen molar-refractivity contribution in [2.45, 2.75) is 104 Å². The quantitative estimate of drug-likeness (QED) is 0.418. The number of allylic oxidation sites excluding steroid dienone is 6. The summed E-state index contributed by atoms with van der Waals surface area (Å²) >= 11 is 0. The summed E-state index contributed by atoms with van der Waals surface area (Å²) in [6.45, 7) is 4.72. The fourth-order valence-electron chi connectivity index (χ4n) is 6.70. The smallest absolute Gasteiger partial charge is 0.0205 e. The van der Waals surface area contributed by atoms with Crippen LogP contribution in [0.1, 0.15) is 104 Å². The molecule has 0 aliphatic heterocycles. The molecule has 2 fully saturated rings. The Hall–Kier alpha value is -0.780.